The van der Waals surface area contributed by atoms with Crippen LogP contribution in [-0.2, 0) is 4.74 Å². The number of nitrogens with two attached hydrogens (primary N) is 1. The molecule has 0 spiro atoms. The van der Waals surface area contributed by atoms with Crippen LogP contribution in [0.5, 0.6) is 0 Å². The number of hydrogen-bond donors (Lipinski definition) is 2. The van der Waals surface area contributed by atoms with E-state index in [1.54, 1.807) is 0 Å². The maximum absolute atomic E-state index is 13.3. The van der Waals surface area contributed by atoms with Gasteiger partial charge in [-0.15, -0.1) is 0 Å². The van der Waals surface area contributed by atoms with Gasteiger partial charge in [-0.1, -0.05) is 6.92 Å². The summed E-state index contributed by atoms with van der Waals surface area (Å²) >= 11 is 0. The van der Waals surface area contributed by atoms with E-state index in [0.29, 0.717) is 18.0 Å². The zero-order valence-corrected chi connectivity index (χ0v) is 11.0. The van der Waals surface area contributed by atoms with Crippen molar-refractivity contribution in [1.29, 1.82) is 0 Å². The monoisotopic (exact) mass is 266 g/mol. The van der Waals surface area contributed by atoms with Crippen LogP contribution in [0, 0.1) is 11.7 Å². The van der Waals surface area contributed by atoms with E-state index in [-0.39, 0.29) is 17.7 Å². The molecule has 1 amide bonds. The maximum Gasteiger partial charge on any atom is 0.251 e. The van der Waals surface area contributed by atoms with Gasteiger partial charge >= 0.3 is 0 Å². The molecule has 0 saturated carbocycles. The Morgan fingerprint density at radius 3 is 3.05 bits per heavy atom. The standard InChI is InChI=1S/C14H19FN2O2/c1-2-13-10(5-6-19-13)8-17-14(18)9-3-4-12(16)11(15)7-9/h3-4,7,10,13H,2,5-6,8,16H2,1H3,(H,17,18). The second kappa shape index (κ2) is 6.02. The molecule has 3 N–H and O–H groups in total. The van der Waals surface area contributed by atoms with Crippen molar-refractivity contribution in [1.82, 2.24) is 5.32 Å². The molecule has 1 aliphatic rings. The molecule has 1 aromatic carbocycles. The normalized spacial score (nSPS) is 22.4. The molecule has 1 aliphatic heterocycles. The van der Waals surface area contributed by atoms with Crippen LogP contribution in [0.1, 0.15) is 30.1 Å². The highest BCUT2D eigenvalue weighted by molar-refractivity contribution is 5.94. The first kappa shape index (κ1) is 13.8. The molecule has 0 aliphatic carbocycles. The molecule has 5 heteroatoms. The molecular formula is C14H19FN2O2. The number of halogens is 1. The van der Waals surface area contributed by atoms with Gasteiger partial charge in [0.2, 0.25) is 0 Å². The van der Waals surface area contributed by atoms with Crippen LogP contribution in [0.4, 0.5) is 10.1 Å². The van der Waals surface area contributed by atoms with Crippen LogP contribution in [0.15, 0.2) is 18.2 Å². The lowest BCUT2D eigenvalue weighted by Crippen LogP contribution is -2.32. The molecule has 1 heterocycles. The van der Waals surface area contributed by atoms with Gasteiger partial charge < -0.3 is 15.8 Å². The summed E-state index contributed by atoms with van der Waals surface area (Å²) in [5.41, 5.74) is 5.71. The number of carbonyl (C=O) groups excluding carboxylic acids is 1. The summed E-state index contributed by atoms with van der Waals surface area (Å²) in [7, 11) is 0. The van der Waals surface area contributed by atoms with Crippen molar-refractivity contribution < 1.29 is 13.9 Å². The number of benzene rings is 1. The van der Waals surface area contributed by atoms with Crippen molar-refractivity contribution in [2.24, 2.45) is 5.92 Å². The Morgan fingerprint density at radius 1 is 1.58 bits per heavy atom. The number of nitrogens with one attached hydrogen (secondary N) is 1. The predicted molar refractivity (Wildman–Crippen MR) is 71.3 cm³/mol. The Bertz CT molecular complexity index is 465. The van der Waals surface area contributed by atoms with E-state index in [4.69, 9.17) is 10.5 Å². The number of anilines is 1. The molecule has 1 saturated heterocycles. The number of rotatable bonds is 4. The molecule has 2 unspecified atom stereocenters. The van der Waals surface area contributed by atoms with Crippen LogP contribution in [0.2, 0.25) is 0 Å². The van der Waals surface area contributed by atoms with E-state index in [0.717, 1.165) is 25.5 Å². The summed E-state index contributed by atoms with van der Waals surface area (Å²) in [5, 5.41) is 2.83. The lowest BCUT2D eigenvalue weighted by atomic mass is 9.99. The first-order valence-electron chi connectivity index (χ1n) is 6.56. The minimum atomic E-state index is -0.566. The molecule has 2 atom stereocenters. The molecule has 4 nitrogen and oxygen atoms in total. The van der Waals surface area contributed by atoms with Crippen LogP contribution in [0.25, 0.3) is 0 Å². The average molecular weight is 266 g/mol. The van der Waals surface area contributed by atoms with Crippen LogP contribution in [0.3, 0.4) is 0 Å². The minimum Gasteiger partial charge on any atom is -0.396 e. The quantitative estimate of drug-likeness (QED) is 0.819. The molecule has 0 radical (unpaired) electrons. The number of amides is 1. The summed E-state index contributed by atoms with van der Waals surface area (Å²) in [4.78, 5) is 11.9. The fraction of sp³-hybridized carbons (Fsp3) is 0.500. The van der Waals surface area contributed by atoms with E-state index in [9.17, 15) is 9.18 Å². The van der Waals surface area contributed by atoms with Crippen LogP contribution < -0.4 is 11.1 Å². The van der Waals surface area contributed by atoms with Gasteiger partial charge in [-0.05, 0) is 31.0 Å². The molecule has 19 heavy (non-hydrogen) atoms. The zero-order chi connectivity index (χ0) is 13.8. The number of carbonyl (C=O) groups is 1. The van der Waals surface area contributed by atoms with Gasteiger partial charge in [-0.3, -0.25) is 4.79 Å². The number of nitrogen functional groups attached to an aromatic ring is 1. The van der Waals surface area contributed by atoms with E-state index in [1.165, 1.54) is 12.1 Å². The molecule has 0 aromatic heterocycles. The average Bonchev–Trinajstić information content (AvgIpc) is 2.86. The highest BCUT2D eigenvalue weighted by atomic mass is 19.1. The van der Waals surface area contributed by atoms with Crippen molar-refractivity contribution in [3.05, 3.63) is 29.6 Å². The van der Waals surface area contributed by atoms with Gasteiger partial charge in [0.1, 0.15) is 5.82 Å². The Morgan fingerprint density at radius 2 is 2.37 bits per heavy atom. The van der Waals surface area contributed by atoms with E-state index in [1.807, 2.05) is 0 Å². The summed E-state index contributed by atoms with van der Waals surface area (Å²) in [6, 6.07) is 4.08. The molecular weight excluding hydrogens is 247 g/mol. The van der Waals surface area contributed by atoms with Gasteiger partial charge in [0, 0.05) is 24.6 Å². The Hall–Kier alpha value is -1.62. The van der Waals surface area contributed by atoms with Crippen LogP contribution in [-0.4, -0.2) is 25.2 Å². The molecule has 1 fully saturated rings. The summed E-state index contributed by atoms with van der Waals surface area (Å²) in [5.74, 6) is -0.503. The highest BCUT2D eigenvalue weighted by Gasteiger charge is 2.26. The summed E-state index contributed by atoms with van der Waals surface area (Å²) < 4.78 is 18.8. The fourth-order valence-corrected chi connectivity index (χ4v) is 2.37. The minimum absolute atomic E-state index is 0.0480. The lowest BCUT2D eigenvalue weighted by molar-refractivity contribution is 0.0826. The van der Waals surface area contributed by atoms with Gasteiger partial charge in [0.25, 0.3) is 5.91 Å². The fourth-order valence-electron chi connectivity index (χ4n) is 2.37. The number of hydrogen-bond acceptors (Lipinski definition) is 3. The smallest absolute Gasteiger partial charge is 0.251 e. The predicted octanol–water partition coefficient (Wildman–Crippen LogP) is 1.95. The SMILES string of the molecule is CCC1OCCC1CNC(=O)c1ccc(N)c(F)c1. The Labute approximate surface area is 112 Å². The van der Waals surface area contributed by atoms with Crippen molar-refractivity contribution >= 4 is 11.6 Å². The first-order valence-corrected chi connectivity index (χ1v) is 6.56. The molecule has 2 rings (SSSR count). The summed E-state index contributed by atoms with van der Waals surface area (Å²) in [6.45, 7) is 3.37. The second-order valence-corrected chi connectivity index (χ2v) is 4.81. The first-order chi connectivity index (χ1) is 9.11. The van der Waals surface area contributed by atoms with Gasteiger partial charge in [0.15, 0.2) is 0 Å². The van der Waals surface area contributed by atoms with Crippen molar-refractivity contribution in [2.45, 2.75) is 25.9 Å². The Kier molecular flexibility index (Phi) is 4.37. The second-order valence-electron chi connectivity index (χ2n) is 4.81. The van der Waals surface area contributed by atoms with Gasteiger partial charge in [-0.25, -0.2) is 4.39 Å². The number of ether oxygens (including phenoxy) is 1. The van der Waals surface area contributed by atoms with E-state index < -0.39 is 5.82 Å². The zero-order valence-electron chi connectivity index (χ0n) is 11.0. The van der Waals surface area contributed by atoms with Gasteiger partial charge in [0.05, 0.1) is 11.8 Å². The largest absolute Gasteiger partial charge is 0.396 e. The third kappa shape index (κ3) is 3.23. The summed E-state index contributed by atoms with van der Waals surface area (Å²) in [6.07, 6.45) is 2.11. The topological polar surface area (TPSA) is 64.3 Å². The Balaban J connectivity index is 1.92. The lowest BCUT2D eigenvalue weighted by Gasteiger charge is -2.17. The van der Waals surface area contributed by atoms with Crippen molar-refractivity contribution in [2.75, 3.05) is 18.9 Å². The highest BCUT2D eigenvalue weighted by Crippen LogP contribution is 2.22. The maximum atomic E-state index is 13.3. The van der Waals surface area contributed by atoms with Crippen molar-refractivity contribution in [3.63, 3.8) is 0 Å². The third-order valence-electron chi connectivity index (χ3n) is 3.54. The van der Waals surface area contributed by atoms with E-state index >= 15 is 0 Å². The third-order valence-corrected chi connectivity index (χ3v) is 3.54. The molecule has 104 valence electrons. The van der Waals surface area contributed by atoms with Crippen LogP contribution >= 0.6 is 0 Å². The van der Waals surface area contributed by atoms with E-state index in [2.05, 4.69) is 12.2 Å². The molecule has 1 aromatic rings. The molecule has 0 bridgehead atoms. The van der Waals surface area contributed by atoms with Crippen molar-refractivity contribution in [3.8, 4) is 0 Å². The van der Waals surface area contributed by atoms with Gasteiger partial charge in [-0.2, -0.15) is 0 Å².